The van der Waals surface area contributed by atoms with E-state index in [2.05, 4.69) is 12.7 Å². The molecule has 86 valence electrons. The van der Waals surface area contributed by atoms with E-state index in [1.165, 1.54) is 0 Å². The summed E-state index contributed by atoms with van der Waals surface area (Å²) in [5.41, 5.74) is 5.33. The molecule has 16 heavy (non-hydrogen) atoms. The Bertz CT molecular complexity index is 409. The van der Waals surface area contributed by atoms with Gasteiger partial charge in [-0.05, 0) is 47.7 Å². The van der Waals surface area contributed by atoms with E-state index < -0.39 is 5.97 Å². The number of carboxylic acids is 1. The number of thiophene rings is 1. The highest BCUT2D eigenvalue weighted by Gasteiger charge is 2.06. The molecule has 0 atom stereocenters. The van der Waals surface area contributed by atoms with Gasteiger partial charge in [0.05, 0.1) is 5.57 Å². The molecule has 0 spiro atoms. The number of carboxylic acid groups (broad SMARTS) is 1. The van der Waals surface area contributed by atoms with Crippen molar-refractivity contribution in [3.05, 3.63) is 33.7 Å². The molecule has 0 aromatic carbocycles. The fourth-order valence-corrected chi connectivity index (χ4v) is 2.06. The van der Waals surface area contributed by atoms with Gasteiger partial charge in [-0.15, -0.1) is 5.73 Å². The van der Waals surface area contributed by atoms with Crippen LogP contribution >= 0.6 is 11.3 Å². The first-order valence-corrected chi connectivity index (χ1v) is 6.31. The van der Waals surface area contributed by atoms with E-state index in [4.69, 9.17) is 5.11 Å². The van der Waals surface area contributed by atoms with Crippen LogP contribution in [0.3, 0.4) is 0 Å². The van der Waals surface area contributed by atoms with Gasteiger partial charge in [0.25, 0.3) is 0 Å². The quantitative estimate of drug-likeness (QED) is 0.621. The standard InChI is InChI=1S/C13H16O2S/c1-3-4-5-11(13(14)15)8-10(2)12-6-7-16-9-12/h6-7,9H,3-5H2,1-2H3,(H,14,15). The van der Waals surface area contributed by atoms with Gasteiger partial charge in [-0.2, -0.15) is 11.3 Å². The average Bonchev–Trinajstić information content (AvgIpc) is 2.76. The summed E-state index contributed by atoms with van der Waals surface area (Å²) in [7, 11) is 0. The lowest BCUT2D eigenvalue weighted by molar-refractivity contribution is -0.132. The minimum atomic E-state index is -0.858. The van der Waals surface area contributed by atoms with E-state index in [0.717, 1.165) is 24.0 Å². The van der Waals surface area contributed by atoms with Crippen LogP contribution in [0.2, 0.25) is 0 Å². The van der Waals surface area contributed by atoms with Crippen LogP contribution in [0, 0.1) is 0 Å². The predicted octanol–water partition coefficient (Wildman–Crippen LogP) is 3.95. The molecule has 0 radical (unpaired) electrons. The molecule has 0 saturated heterocycles. The van der Waals surface area contributed by atoms with Crippen LogP contribution in [0.15, 0.2) is 28.1 Å². The number of hydrogen-bond acceptors (Lipinski definition) is 2. The van der Waals surface area contributed by atoms with Crippen LogP contribution in [0.4, 0.5) is 0 Å². The van der Waals surface area contributed by atoms with Gasteiger partial charge >= 0.3 is 5.97 Å². The van der Waals surface area contributed by atoms with Gasteiger partial charge in [-0.3, -0.25) is 0 Å². The Balaban J connectivity index is 2.99. The first kappa shape index (κ1) is 12.8. The molecule has 1 N–H and O–H groups in total. The molecule has 0 fully saturated rings. The highest BCUT2D eigenvalue weighted by Crippen LogP contribution is 2.17. The largest absolute Gasteiger partial charge is 0.477 e. The maximum atomic E-state index is 11.0. The van der Waals surface area contributed by atoms with E-state index >= 15 is 0 Å². The molecule has 1 heterocycles. The maximum Gasteiger partial charge on any atom is 0.339 e. The summed E-state index contributed by atoms with van der Waals surface area (Å²) in [6, 6.07) is 1.98. The zero-order valence-electron chi connectivity index (χ0n) is 9.62. The smallest absolute Gasteiger partial charge is 0.339 e. The summed E-state index contributed by atoms with van der Waals surface area (Å²) in [4.78, 5) is 11.0. The topological polar surface area (TPSA) is 37.3 Å². The van der Waals surface area contributed by atoms with Crippen molar-refractivity contribution in [3.8, 4) is 0 Å². The number of aliphatic carboxylic acids is 1. The molecular formula is C13H16O2S. The van der Waals surface area contributed by atoms with E-state index in [1.807, 2.05) is 23.8 Å². The monoisotopic (exact) mass is 236 g/mol. The van der Waals surface area contributed by atoms with Crippen molar-refractivity contribution in [3.63, 3.8) is 0 Å². The summed E-state index contributed by atoms with van der Waals surface area (Å²) in [6.07, 6.45) is 2.48. The molecule has 0 unspecified atom stereocenters. The fraction of sp³-hybridized carbons (Fsp3) is 0.385. The van der Waals surface area contributed by atoms with Gasteiger partial charge < -0.3 is 5.11 Å². The zero-order valence-corrected chi connectivity index (χ0v) is 10.4. The van der Waals surface area contributed by atoms with Crippen LogP contribution in [0.1, 0.15) is 38.7 Å². The summed E-state index contributed by atoms with van der Waals surface area (Å²) in [5.74, 6) is -0.858. The Kier molecular flexibility index (Phi) is 5.03. The summed E-state index contributed by atoms with van der Waals surface area (Å²) >= 11 is 1.60. The van der Waals surface area contributed by atoms with E-state index in [1.54, 1.807) is 11.3 Å². The van der Waals surface area contributed by atoms with Gasteiger partial charge in [0.1, 0.15) is 0 Å². The van der Waals surface area contributed by atoms with Crippen molar-refractivity contribution in [1.82, 2.24) is 0 Å². The fourth-order valence-electron chi connectivity index (χ4n) is 1.35. The van der Waals surface area contributed by atoms with Crippen LogP contribution in [0.25, 0.3) is 5.57 Å². The zero-order chi connectivity index (χ0) is 12.0. The summed E-state index contributed by atoms with van der Waals surface area (Å²) in [6.45, 7) is 3.95. The summed E-state index contributed by atoms with van der Waals surface area (Å²) in [5, 5.41) is 13.0. The average molecular weight is 236 g/mol. The summed E-state index contributed by atoms with van der Waals surface area (Å²) < 4.78 is 0. The lowest BCUT2D eigenvalue weighted by atomic mass is 10.1. The van der Waals surface area contributed by atoms with Gasteiger partial charge in [0.15, 0.2) is 0 Å². The molecule has 0 aliphatic heterocycles. The molecule has 1 rings (SSSR count). The molecule has 1 aromatic rings. The van der Waals surface area contributed by atoms with E-state index in [-0.39, 0.29) is 0 Å². The normalized spacial score (nSPS) is 9.62. The van der Waals surface area contributed by atoms with Crippen LogP contribution in [-0.4, -0.2) is 11.1 Å². The van der Waals surface area contributed by atoms with Crippen molar-refractivity contribution in [1.29, 1.82) is 0 Å². The highest BCUT2D eigenvalue weighted by molar-refractivity contribution is 7.08. The van der Waals surface area contributed by atoms with Crippen molar-refractivity contribution in [2.75, 3.05) is 0 Å². The number of rotatable bonds is 5. The van der Waals surface area contributed by atoms with E-state index in [0.29, 0.717) is 12.0 Å². The van der Waals surface area contributed by atoms with Gasteiger partial charge in [0, 0.05) is 0 Å². The maximum absolute atomic E-state index is 11.0. The molecule has 0 bridgehead atoms. The second kappa shape index (κ2) is 6.31. The Morgan fingerprint density at radius 3 is 2.81 bits per heavy atom. The van der Waals surface area contributed by atoms with Gasteiger partial charge in [-0.25, -0.2) is 4.79 Å². The third kappa shape index (κ3) is 3.69. The first-order chi connectivity index (χ1) is 7.65. The molecule has 0 saturated carbocycles. The lowest BCUT2D eigenvalue weighted by Gasteiger charge is -1.98. The molecule has 3 heteroatoms. The van der Waals surface area contributed by atoms with Crippen molar-refractivity contribution in [2.45, 2.75) is 33.1 Å². The molecule has 1 aromatic heterocycles. The van der Waals surface area contributed by atoms with Gasteiger partial charge in [0.2, 0.25) is 0 Å². The number of unbranched alkanes of at least 4 members (excludes halogenated alkanes) is 1. The van der Waals surface area contributed by atoms with Crippen molar-refractivity contribution in [2.24, 2.45) is 0 Å². The second-order valence-electron chi connectivity index (χ2n) is 3.65. The van der Waals surface area contributed by atoms with Gasteiger partial charge in [-0.1, -0.05) is 13.3 Å². The minimum absolute atomic E-state index is 0.380. The minimum Gasteiger partial charge on any atom is -0.477 e. The second-order valence-corrected chi connectivity index (χ2v) is 4.43. The Labute approximate surface area is 99.9 Å². The number of hydrogen-bond donors (Lipinski definition) is 1. The molecule has 2 nitrogen and oxygen atoms in total. The van der Waals surface area contributed by atoms with Crippen molar-refractivity contribution >= 4 is 22.9 Å². The third-order valence-corrected chi connectivity index (χ3v) is 3.01. The molecule has 0 aliphatic carbocycles. The molecule has 0 amide bonds. The lowest BCUT2D eigenvalue weighted by Crippen LogP contribution is -1.99. The first-order valence-electron chi connectivity index (χ1n) is 5.37. The van der Waals surface area contributed by atoms with Crippen LogP contribution in [-0.2, 0) is 4.79 Å². The molecular weight excluding hydrogens is 220 g/mol. The van der Waals surface area contributed by atoms with E-state index in [9.17, 15) is 4.79 Å². The Morgan fingerprint density at radius 2 is 2.31 bits per heavy atom. The SMILES string of the molecule is CCCCC(=C=C(C)c1ccsc1)C(=O)O. The Hall–Kier alpha value is -1.31. The predicted molar refractivity (Wildman–Crippen MR) is 67.6 cm³/mol. The Morgan fingerprint density at radius 1 is 1.56 bits per heavy atom. The molecule has 0 aliphatic rings. The van der Waals surface area contributed by atoms with Crippen LogP contribution < -0.4 is 0 Å². The van der Waals surface area contributed by atoms with Crippen molar-refractivity contribution < 1.29 is 9.90 Å². The van der Waals surface area contributed by atoms with Crippen LogP contribution in [0.5, 0.6) is 0 Å². The third-order valence-electron chi connectivity index (χ3n) is 2.33. The highest BCUT2D eigenvalue weighted by atomic mass is 32.1. The number of carbonyl (C=O) groups is 1.